The van der Waals surface area contributed by atoms with Gasteiger partial charge in [0, 0.05) is 0 Å². The average Bonchev–Trinajstić information content (AvgIpc) is 2.99. The van der Waals surface area contributed by atoms with Gasteiger partial charge in [-0.25, -0.2) is 0 Å². The van der Waals surface area contributed by atoms with Crippen LogP contribution in [0.25, 0.3) is 0 Å². The van der Waals surface area contributed by atoms with Gasteiger partial charge in [-0.2, -0.15) is 0 Å². The monoisotopic (exact) mass is 577 g/mol. The van der Waals surface area contributed by atoms with Gasteiger partial charge < -0.3 is 0 Å². The molecule has 0 amide bonds. The van der Waals surface area contributed by atoms with Crippen molar-refractivity contribution in [2.75, 3.05) is 0 Å². The van der Waals surface area contributed by atoms with Gasteiger partial charge in [0.25, 0.3) is 0 Å². The van der Waals surface area contributed by atoms with Gasteiger partial charge >= 0.3 is 0 Å². The summed E-state index contributed by atoms with van der Waals surface area (Å²) in [7, 11) is 0. The molecule has 0 radical (unpaired) electrons. The van der Waals surface area contributed by atoms with Crippen LogP contribution < -0.4 is 0 Å². The standard InChI is InChI=1S/C41H84/c1-4-6-7-8-9-10-11-12-13-14-15-16-17-18-19-20-21-22-23-24-25-26-27-28-29-30-31-32-33-34-35-36-37-38-39-40-41(3)5-2/h41H,4-40H2,1-3H3. The molecule has 0 aliphatic carbocycles. The summed E-state index contributed by atoms with van der Waals surface area (Å²) in [5.41, 5.74) is 0. The van der Waals surface area contributed by atoms with E-state index in [1.807, 2.05) is 0 Å². The number of hydrogen-bond acceptors (Lipinski definition) is 0. The lowest BCUT2D eigenvalue weighted by atomic mass is 9.99. The van der Waals surface area contributed by atoms with E-state index in [1.165, 1.54) is 238 Å². The minimum atomic E-state index is 0.947. The van der Waals surface area contributed by atoms with Crippen molar-refractivity contribution in [3.05, 3.63) is 0 Å². The third-order valence-electron chi connectivity index (χ3n) is 10.00. The van der Waals surface area contributed by atoms with Gasteiger partial charge in [0.2, 0.25) is 0 Å². The molecule has 0 aliphatic rings. The van der Waals surface area contributed by atoms with Crippen LogP contribution in [0.15, 0.2) is 0 Å². The molecule has 0 bridgehead atoms. The first-order valence-corrected chi connectivity index (χ1v) is 20.3. The molecule has 0 N–H and O–H groups in total. The third kappa shape index (κ3) is 38.0. The number of rotatable bonds is 37. The maximum Gasteiger partial charge on any atom is -0.0445 e. The van der Waals surface area contributed by atoms with Crippen molar-refractivity contribution < 1.29 is 0 Å². The highest BCUT2D eigenvalue weighted by Crippen LogP contribution is 2.18. The summed E-state index contributed by atoms with van der Waals surface area (Å²) in [4.78, 5) is 0. The van der Waals surface area contributed by atoms with Gasteiger partial charge in [0.15, 0.2) is 0 Å². The molecule has 0 nitrogen and oxygen atoms in total. The Labute approximate surface area is 263 Å². The molecule has 0 spiro atoms. The smallest absolute Gasteiger partial charge is 0.0445 e. The zero-order chi connectivity index (χ0) is 29.7. The van der Waals surface area contributed by atoms with Gasteiger partial charge in [-0.15, -0.1) is 0 Å². The van der Waals surface area contributed by atoms with Crippen LogP contribution in [0.3, 0.4) is 0 Å². The Morgan fingerprint density at radius 3 is 0.585 bits per heavy atom. The summed E-state index contributed by atoms with van der Waals surface area (Å²) in [6.45, 7) is 7.04. The van der Waals surface area contributed by atoms with E-state index in [9.17, 15) is 0 Å². The van der Waals surface area contributed by atoms with E-state index in [-0.39, 0.29) is 0 Å². The van der Waals surface area contributed by atoms with Crippen LogP contribution in [0.2, 0.25) is 0 Å². The van der Waals surface area contributed by atoms with Gasteiger partial charge in [-0.05, 0) is 5.92 Å². The van der Waals surface area contributed by atoms with E-state index >= 15 is 0 Å². The fraction of sp³-hybridized carbons (Fsp3) is 1.00. The van der Waals surface area contributed by atoms with E-state index < -0.39 is 0 Å². The van der Waals surface area contributed by atoms with Crippen molar-refractivity contribution in [3.63, 3.8) is 0 Å². The average molecular weight is 577 g/mol. The predicted octanol–water partition coefficient (Wildman–Crippen LogP) is 16.1. The zero-order valence-corrected chi connectivity index (χ0v) is 29.7. The molecule has 0 saturated heterocycles. The van der Waals surface area contributed by atoms with Crippen LogP contribution >= 0.6 is 0 Å². The largest absolute Gasteiger partial charge is 0.0654 e. The highest BCUT2D eigenvalue weighted by Gasteiger charge is 1.99. The fourth-order valence-electron chi connectivity index (χ4n) is 6.60. The van der Waals surface area contributed by atoms with Gasteiger partial charge in [0.1, 0.15) is 0 Å². The van der Waals surface area contributed by atoms with Crippen molar-refractivity contribution in [1.82, 2.24) is 0 Å². The SMILES string of the molecule is CCCCCCCCCCCCCCCCCCCCCCCCCCCCCCCCCCCCCC(C)CC. The lowest BCUT2D eigenvalue weighted by Crippen LogP contribution is -1.91. The molecule has 0 heteroatoms. The van der Waals surface area contributed by atoms with Crippen molar-refractivity contribution >= 4 is 0 Å². The summed E-state index contributed by atoms with van der Waals surface area (Å²) >= 11 is 0. The molecular formula is C41H84. The lowest BCUT2D eigenvalue weighted by molar-refractivity contribution is 0.468. The summed E-state index contributed by atoms with van der Waals surface area (Å²) in [5, 5.41) is 0. The fourth-order valence-corrected chi connectivity index (χ4v) is 6.60. The van der Waals surface area contributed by atoms with Crippen LogP contribution in [-0.4, -0.2) is 0 Å². The Morgan fingerprint density at radius 1 is 0.244 bits per heavy atom. The molecule has 0 fully saturated rings. The van der Waals surface area contributed by atoms with E-state index in [0.717, 1.165) is 5.92 Å². The first-order valence-electron chi connectivity index (χ1n) is 20.3. The van der Waals surface area contributed by atoms with E-state index in [4.69, 9.17) is 0 Å². The normalized spacial score (nSPS) is 12.4. The minimum Gasteiger partial charge on any atom is -0.0654 e. The second-order valence-corrected chi connectivity index (χ2v) is 14.3. The van der Waals surface area contributed by atoms with Crippen molar-refractivity contribution in [1.29, 1.82) is 0 Å². The molecule has 0 rings (SSSR count). The van der Waals surface area contributed by atoms with E-state index in [1.54, 1.807) is 0 Å². The molecule has 0 saturated carbocycles. The third-order valence-corrected chi connectivity index (χ3v) is 10.00. The molecule has 0 aromatic heterocycles. The minimum absolute atomic E-state index is 0.947. The van der Waals surface area contributed by atoms with Crippen LogP contribution in [0, 0.1) is 5.92 Å². The summed E-state index contributed by atoms with van der Waals surface area (Å²) < 4.78 is 0. The van der Waals surface area contributed by atoms with E-state index in [0.29, 0.717) is 0 Å². The predicted molar refractivity (Wildman–Crippen MR) is 191 cm³/mol. The molecule has 0 heterocycles. The molecule has 0 aliphatic heterocycles. The summed E-state index contributed by atoms with van der Waals surface area (Å²) in [6.07, 6.45) is 54.8. The van der Waals surface area contributed by atoms with E-state index in [2.05, 4.69) is 20.8 Å². The molecule has 1 unspecified atom stereocenters. The molecular weight excluding hydrogens is 492 g/mol. The number of hydrogen-bond donors (Lipinski definition) is 0. The van der Waals surface area contributed by atoms with Gasteiger partial charge in [-0.1, -0.05) is 258 Å². The highest BCUT2D eigenvalue weighted by molar-refractivity contribution is 4.54. The Kier molecular flexibility index (Phi) is 38.0. The highest BCUT2D eigenvalue weighted by atomic mass is 14.1. The van der Waals surface area contributed by atoms with Crippen molar-refractivity contribution in [2.45, 2.75) is 258 Å². The quantitative estimate of drug-likeness (QED) is 0.0645. The van der Waals surface area contributed by atoms with Crippen LogP contribution in [-0.2, 0) is 0 Å². The topological polar surface area (TPSA) is 0 Å². The van der Waals surface area contributed by atoms with Crippen LogP contribution in [0.5, 0.6) is 0 Å². The first kappa shape index (κ1) is 41.0. The first-order chi connectivity index (χ1) is 20.3. The van der Waals surface area contributed by atoms with Gasteiger partial charge in [0.05, 0.1) is 0 Å². The Bertz CT molecular complexity index is 426. The molecule has 248 valence electrons. The lowest BCUT2D eigenvalue weighted by Gasteiger charge is -2.07. The van der Waals surface area contributed by atoms with Crippen molar-refractivity contribution in [2.24, 2.45) is 5.92 Å². The molecule has 1 atom stereocenters. The molecule has 0 aromatic rings. The molecule has 41 heavy (non-hydrogen) atoms. The summed E-state index contributed by atoms with van der Waals surface area (Å²) in [5.74, 6) is 0.947. The number of unbranched alkanes of at least 4 members (excludes halogenated alkanes) is 34. The Morgan fingerprint density at radius 2 is 0.415 bits per heavy atom. The Hall–Kier alpha value is 0. The summed E-state index contributed by atoms with van der Waals surface area (Å²) in [6, 6.07) is 0. The van der Waals surface area contributed by atoms with Crippen molar-refractivity contribution in [3.8, 4) is 0 Å². The van der Waals surface area contributed by atoms with Crippen LogP contribution in [0.4, 0.5) is 0 Å². The Balaban J connectivity index is 3.03. The second-order valence-electron chi connectivity index (χ2n) is 14.3. The molecule has 0 aromatic carbocycles. The maximum atomic E-state index is 2.41. The van der Waals surface area contributed by atoms with Gasteiger partial charge in [-0.3, -0.25) is 0 Å². The zero-order valence-electron chi connectivity index (χ0n) is 29.7. The van der Waals surface area contributed by atoms with Crippen LogP contribution in [0.1, 0.15) is 258 Å². The second kappa shape index (κ2) is 38.0. The maximum absolute atomic E-state index is 2.41.